The number of hydrogen-bond acceptors (Lipinski definition) is 7. The summed E-state index contributed by atoms with van der Waals surface area (Å²) in [5.74, 6) is 0.339. The first-order valence-corrected chi connectivity index (χ1v) is 13.4. The highest BCUT2D eigenvalue weighted by Crippen LogP contribution is 2.41. The van der Waals surface area contributed by atoms with Crippen LogP contribution in [0.2, 0.25) is 0 Å². The average Bonchev–Trinajstić information content (AvgIpc) is 3.30. The molecule has 4 aromatic rings. The largest absolute Gasteiger partial charge is 0.433 e. The van der Waals surface area contributed by atoms with Crippen LogP contribution < -0.4 is 9.62 Å². The summed E-state index contributed by atoms with van der Waals surface area (Å²) < 4.78 is 69.4. The summed E-state index contributed by atoms with van der Waals surface area (Å²) in [4.78, 5) is 7.96. The number of halogens is 3. The number of alkyl halides is 3. The maximum Gasteiger partial charge on any atom is 0.433 e. The van der Waals surface area contributed by atoms with E-state index in [2.05, 4.69) is 25.5 Å². The molecule has 204 valence electrons. The fourth-order valence-electron chi connectivity index (χ4n) is 4.20. The van der Waals surface area contributed by atoms with E-state index >= 15 is 0 Å². The molecule has 0 aliphatic carbocycles. The molecule has 0 saturated heterocycles. The average molecular weight is 559 g/mol. The van der Waals surface area contributed by atoms with Crippen molar-refractivity contribution < 1.29 is 26.7 Å². The lowest BCUT2D eigenvalue weighted by atomic mass is 9.87. The standard InChI is InChI=1S/C26H25F3N6O3S/c1-25(2,3)17-6-8-18(9-7-17)39(37,38)35-13-16-5-11-21(26(27,28)29)31-23(16)30-19-10-4-15(12-20(19)35)24-32-22(14-36)33-34-24/h4-12,36H,13-14H2,1-3H3,(H,30,31)(H,32,33,34). The topological polar surface area (TPSA) is 124 Å². The second-order valence-corrected chi connectivity index (χ2v) is 12.0. The van der Waals surface area contributed by atoms with Crippen molar-refractivity contribution in [3.63, 3.8) is 0 Å². The Morgan fingerprint density at radius 3 is 2.33 bits per heavy atom. The molecule has 0 unspecified atom stereocenters. The minimum Gasteiger partial charge on any atom is -0.388 e. The van der Waals surface area contributed by atoms with Crippen molar-refractivity contribution in [3.05, 3.63) is 77.2 Å². The Balaban J connectivity index is 1.66. The van der Waals surface area contributed by atoms with E-state index in [4.69, 9.17) is 0 Å². The second kappa shape index (κ2) is 9.35. The molecule has 39 heavy (non-hydrogen) atoms. The van der Waals surface area contributed by atoms with Crippen LogP contribution in [0.4, 0.5) is 30.4 Å². The molecule has 2 aromatic carbocycles. The number of H-pyrrole nitrogens is 1. The van der Waals surface area contributed by atoms with E-state index in [0.717, 1.165) is 15.9 Å². The predicted molar refractivity (Wildman–Crippen MR) is 139 cm³/mol. The first-order valence-electron chi connectivity index (χ1n) is 11.9. The highest BCUT2D eigenvalue weighted by atomic mass is 32.2. The predicted octanol–water partition coefficient (Wildman–Crippen LogP) is 5.13. The minimum atomic E-state index is -4.67. The van der Waals surface area contributed by atoms with Crippen LogP contribution in [0.1, 0.15) is 43.4 Å². The van der Waals surface area contributed by atoms with Gasteiger partial charge in [0, 0.05) is 11.1 Å². The van der Waals surface area contributed by atoms with E-state index in [1.54, 1.807) is 18.2 Å². The molecule has 5 rings (SSSR count). The summed E-state index contributed by atoms with van der Waals surface area (Å²) in [6.45, 7) is 5.40. The van der Waals surface area contributed by atoms with Gasteiger partial charge < -0.3 is 10.4 Å². The van der Waals surface area contributed by atoms with Crippen molar-refractivity contribution in [2.24, 2.45) is 0 Å². The number of fused-ring (bicyclic) bond motifs is 2. The molecule has 1 aliphatic heterocycles. The number of nitrogens with zero attached hydrogens (tertiary/aromatic N) is 4. The number of benzene rings is 2. The lowest BCUT2D eigenvalue weighted by Crippen LogP contribution is -2.30. The highest BCUT2D eigenvalue weighted by Gasteiger charge is 2.36. The third-order valence-electron chi connectivity index (χ3n) is 6.35. The number of rotatable bonds is 4. The molecule has 0 radical (unpaired) electrons. The fourth-order valence-corrected chi connectivity index (χ4v) is 5.65. The van der Waals surface area contributed by atoms with Gasteiger partial charge in [-0.3, -0.25) is 9.40 Å². The summed E-state index contributed by atoms with van der Waals surface area (Å²) in [7, 11) is -4.19. The monoisotopic (exact) mass is 558 g/mol. The van der Waals surface area contributed by atoms with Gasteiger partial charge in [0.2, 0.25) is 0 Å². The zero-order chi connectivity index (χ0) is 28.2. The third kappa shape index (κ3) is 5.06. The van der Waals surface area contributed by atoms with Gasteiger partial charge in [0.15, 0.2) is 11.6 Å². The zero-order valence-corrected chi connectivity index (χ0v) is 22.0. The van der Waals surface area contributed by atoms with Gasteiger partial charge in [0.1, 0.15) is 18.1 Å². The van der Waals surface area contributed by atoms with Crippen molar-refractivity contribution in [2.45, 2.75) is 50.4 Å². The van der Waals surface area contributed by atoms with E-state index in [9.17, 15) is 26.7 Å². The van der Waals surface area contributed by atoms with Crippen LogP contribution in [-0.4, -0.2) is 33.7 Å². The van der Waals surface area contributed by atoms with Crippen LogP contribution in [0, 0.1) is 0 Å². The molecule has 0 saturated carbocycles. The lowest BCUT2D eigenvalue weighted by Gasteiger charge is -2.25. The van der Waals surface area contributed by atoms with Crippen molar-refractivity contribution >= 4 is 27.2 Å². The molecule has 2 aromatic heterocycles. The van der Waals surface area contributed by atoms with Gasteiger partial charge >= 0.3 is 6.18 Å². The molecule has 0 atom stereocenters. The Morgan fingerprint density at radius 2 is 1.72 bits per heavy atom. The molecular formula is C26H25F3N6O3S. The number of aromatic nitrogens is 4. The van der Waals surface area contributed by atoms with Crippen molar-refractivity contribution in [3.8, 4) is 11.4 Å². The van der Waals surface area contributed by atoms with Crippen molar-refractivity contribution in [1.82, 2.24) is 20.2 Å². The van der Waals surface area contributed by atoms with E-state index in [1.807, 2.05) is 20.8 Å². The van der Waals surface area contributed by atoms with Gasteiger partial charge in [-0.2, -0.15) is 18.3 Å². The van der Waals surface area contributed by atoms with Gasteiger partial charge in [-0.05, 0) is 47.4 Å². The van der Waals surface area contributed by atoms with Crippen molar-refractivity contribution in [2.75, 3.05) is 9.62 Å². The number of hydrogen-bond donors (Lipinski definition) is 3. The van der Waals surface area contributed by atoms with Crippen LogP contribution >= 0.6 is 0 Å². The molecule has 13 heteroatoms. The molecular weight excluding hydrogens is 533 g/mol. The van der Waals surface area contributed by atoms with Gasteiger partial charge in [-0.25, -0.2) is 18.4 Å². The normalized spacial score (nSPS) is 13.9. The molecule has 0 bridgehead atoms. The first-order chi connectivity index (χ1) is 18.3. The first kappa shape index (κ1) is 26.6. The SMILES string of the molecule is CC(C)(C)c1ccc(S(=O)(=O)N2Cc3ccc(C(F)(F)F)nc3Nc3ccc(-c4n[nH]c(CO)n4)cc32)cc1. The number of nitrogens with one attached hydrogen (secondary N) is 2. The molecule has 0 spiro atoms. The summed E-state index contributed by atoms with van der Waals surface area (Å²) in [6.07, 6.45) is -4.67. The Labute approximate surface area is 222 Å². The van der Waals surface area contributed by atoms with Crippen LogP contribution in [0.15, 0.2) is 59.5 Å². The minimum absolute atomic E-state index is 0.0237. The molecule has 3 N–H and O–H groups in total. The van der Waals surface area contributed by atoms with Crippen LogP contribution in [-0.2, 0) is 34.8 Å². The smallest absolute Gasteiger partial charge is 0.388 e. The van der Waals surface area contributed by atoms with Gasteiger partial charge in [-0.15, -0.1) is 0 Å². The summed E-state index contributed by atoms with van der Waals surface area (Å²) >= 11 is 0. The number of aliphatic hydroxyl groups is 1. The molecule has 3 heterocycles. The van der Waals surface area contributed by atoms with E-state index in [0.29, 0.717) is 5.56 Å². The maximum atomic E-state index is 14.0. The summed E-state index contributed by atoms with van der Waals surface area (Å²) in [6, 6.07) is 13.2. The second-order valence-electron chi connectivity index (χ2n) is 10.1. The third-order valence-corrected chi connectivity index (χ3v) is 8.12. The van der Waals surface area contributed by atoms with E-state index in [1.165, 1.54) is 30.3 Å². The van der Waals surface area contributed by atoms with E-state index in [-0.39, 0.29) is 57.9 Å². The lowest BCUT2D eigenvalue weighted by molar-refractivity contribution is -0.141. The zero-order valence-electron chi connectivity index (χ0n) is 21.2. The van der Waals surface area contributed by atoms with Crippen LogP contribution in [0.25, 0.3) is 11.4 Å². The molecule has 1 aliphatic rings. The quantitative estimate of drug-likeness (QED) is 0.317. The highest BCUT2D eigenvalue weighted by molar-refractivity contribution is 7.92. The summed E-state index contributed by atoms with van der Waals surface area (Å²) in [5.41, 5.74) is 0.756. The Bertz CT molecular complexity index is 1640. The Kier molecular flexibility index (Phi) is 6.38. The van der Waals surface area contributed by atoms with Gasteiger partial charge in [-0.1, -0.05) is 39.0 Å². The number of aromatic amines is 1. The number of anilines is 3. The Hall–Kier alpha value is -3.97. The Morgan fingerprint density at radius 1 is 1.00 bits per heavy atom. The molecule has 9 nitrogen and oxygen atoms in total. The van der Waals surface area contributed by atoms with Crippen LogP contribution in [0.5, 0.6) is 0 Å². The molecule has 0 amide bonds. The maximum absolute atomic E-state index is 14.0. The summed E-state index contributed by atoms with van der Waals surface area (Å²) in [5, 5.41) is 18.9. The van der Waals surface area contributed by atoms with Gasteiger partial charge in [0.05, 0.1) is 22.8 Å². The van der Waals surface area contributed by atoms with Gasteiger partial charge in [0.25, 0.3) is 10.0 Å². The van der Waals surface area contributed by atoms with Crippen LogP contribution in [0.3, 0.4) is 0 Å². The number of aliphatic hydroxyl groups excluding tert-OH is 1. The number of pyridine rings is 1. The van der Waals surface area contributed by atoms with Crippen molar-refractivity contribution in [1.29, 1.82) is 0 Å². The van der Waals surface area contributed by atoms with E-state index < -0.39 is 21.9 Å². The molecule has 0 fully saturated rings. The number of sulfonamides is 1. The fraction of sp³-hybridized carbons (Fsp3) is 0.269.